The molecule has 0 spiro atoms. The summed E-state index contributed by atoms with van der Waals surface area (Å²) in [7, 11) is 1.80. The molecule has 1 aliphatic rings. The number of aliphatic hydroxyl groups is 1. The van der Waals surface area contributed by atoms with Gasteiger partial charge in [-0.15, -0.1) is 0 Å². The van der Waals surface area contributed by atoms with E-state index in [1.807, 2.05) is 27.7 Å². The highest BCUT2D eigenvalue weighted by atomic mass is 19.4. The maximum Gasteiger partial charge on any atom is 0.401 e. The van der Waals surface area contributed by atoms with Gasteiger partial charge in [-0.25, -0.2) is 0 Å². The number of likely N-dealkylation sites (N-methyl/N-ethyl adjacent to an activating group) is 1. The Bertz CT molecular complexity index is 346. The van der Waals surface area contributed by atoms with Crippen molar-refractivity contribution in [3.05, 3.63) is 0 Å². The van der Waals surface area contributed by atoms with E-state index >= 15 is 0 Å². The number of aliphatic hydroxyl groups excluding tert-OH is 1. The molecule has 7 heteroatoms. The third kappa shape index (κ3) is 4.81. The zero-order chi connectivity index (χ0) is 16.5. The topological polar surface area (TPSA) is 44.7 Å². The van der Waals surface area contributed by atoms with Crippen LogP contribution in [0.4, 0.5) is 13.2 Å². The maximum absolute atomic E-state index is 12.7. The minimum atomic E-state index is -4.27. The van der Waals surface area contributed by atoms with Crippen LogP contribution in [0.25, 0.3) is 0 Å². The summed E-state index contributed by atoms with van der Waals surface area (Å²) in [5, 5.41) is 12.2. The van der Waals surface area contributed by atoms with Crippen LogP contribution in [0.5, 0.6) is 0 Å². The average molecular weight is 312 g/mol. The van der Waals surface area contributed by atoms with Crippen molar-refractivity contribution in [1.29, 1.82) is 0 Å². The van der Waals surface area contributed by atoms with Crippen molar-refractivity contribution in [2.45, 2.75) is 51.1 Å². The fourth-order valence-electron chi connectivity index (χ4n) is 3.49. The molecular formula is C14H27F3N2O2. The second-order valence-electron chi connectivity index (χ2n) is 6.76. The summed E-state index contributed by atoms with van der Waals surface area (Å²) in [6.45, 7) is 6.61. The second kappa shape index (κ2) is 6.40. The lowest BCUT2D eigenvalue weighted by Gasteiger charge is -2.34. The Morgan fingerprint density at radius 3 is 2.19 bits per heavy atom. The van der Waals surface area contributed by atoms with Crippen LogP contribution in [0.1, 0.15) is 27.7 Å². The van der Waals surface area contributed by atoms with Crippen LogP contribution < -0.4 is 5.32 Å². The summed E-state index contributed by atoms with van der Waals surface area (Å²) in [6.07, 6.45) is -4.27. The zero-order valence-electron chi connectivity index (χ0n) is 13.4. The Balaban J connectivity index is 2.89. The van der Waals surface area contributed by atoms with Crippen molar-refractivity contribution in [3.63, 3.8) is 0 Å². The highest BCUT2D eigenvalue weighted by Gasteiger charge is 2.53. The SMILES string of the molecule is CNC1C(CN(CCO)CC(F)(F)F)C(C)(C)OC1(C)C. The van der Waals surface area contributed by atoms with Crippen molar-refractivity contribution in [2.75, 3.05) is 33.3 Å². The van der Waals surface area contributed by atoms with Gasteiger partial charge in [-0.1, -0.05) is 0 Å². The molecule has 0 saturated carbocycles. The van der Waals surface area contributed by atoms with E-state index in [0.29, 0.717) is 0 Å². The van der Waals surface area contributed by atoms with Crippen LogP contribution in [0.3, 0.4) is 0 Å². The molecule has 21 heavy (non-hydrogen) atoms. The van der Waals surface area contributed by atoms with E-state index in [9.17, 15) is 13.2 Å². The zero-order valence-corrected chi connectivity index (χ0v) is 13.4. The number of ether oxygens (including phenoxy) is 1. The number of hydrogen-bond acceptors (Lipinski definition) is 4. The van der Waals surface area contributed by atoms with Crippen LogP contribution in [-0.2, 0) is 4.74 Å². The molecule has 2 N–H and O–H groups in total. The summed E-state index contributed by atoms with van der Waals surface area (Å²) in [5.74, 6) is -0.105. The number of alkyl halides is 3. The Morgan fingerprint density at radius 1 is 1.19 bits per heavy atom. The number of nitrogens with one attached hydrogen (secondary N) is 1. The highest BCUT2D eigenvalue weighted by molar-refractivity contribution is 5.05. The van der Waals surface area contributed by atoms with Gasteiger partial charge in [-0.05, 0) is 34.7 Å². The Labute approximate surface area is 124 Å². The van der Waals surface area contributed by atoms with Gasteiger partial charge >= 0.3 is 6.18 Å². The highest BCUT2D eigenvalue weighted by Crippen LogP contribution is 2.42. The molecule has 1 saturated heterocycles. The summed E-state index contributed by atoms with van der Waals surface area (Å²) in [4.78, 5) is 1.25. The second-order valence-corrected chi connectivity index (χ2v) is 6.76. The van der Waals surface area contributed by atoms with Gasteiger partial charge in [0.15, 0.2) is 0 Å². The molecule has 0 aromatic rings. The largest absolute Gasteiger partial charge is 0.401 e. The average Bonchev–Trinajstić information content (AvgIpc) is 2.41. The monoisotopic (exact) mass is 312 g/mol. The van der Waals surface area contributed by atoms with E-state index in [4.69, 9.17) is 9.84 Å². The molecule has 0 aliphatic carbocycles. The molecule has 0 aromatic heterocycles. The Kier molecular flexibility index (Phi) is 5.69. The van der Waals surface area contributed by atoms with Crippen molar-refractivity contribution in [2.24, 2.45) is 5.92 Å². The minimum Gasteiger partial charge on any atom is -0.395 e. The number of halogens is 3. The van der Waals surface area contributed by atoms with Gasteiger partial charge in [0.05, 0.1) is 24.4 Å². The Hall–Kier alpha value is -0.370. The molecule has 0 bridgehead atoms. The smallest absolute Gasteiger partial charge is 0.395 e. The molecule has 1 heterocycles. The molecule has 2 unspecified atom stereocenters. The maximum atomic E-state index is 12.7. The van der Waals surface area contributed by atoms with E-state index in [1.54, 1.807) is 7.05 Å². The molecule has 0 radical (unpaired) electrons. The van der Waals surface area contributed by atoms with Gasteiger partial charge in [0.2, 0.25) is 0 Å². The summed E-state index contributed by atoms with van der Waals surface area (Å²) in [6, 6.07) is -0.0538. The van der Waals surface area contributed by atoms with Crippen LogP contribution in [0.2, 0.25) is 0 Å². The number of rotatable bonds is 6. The minimum absolute atomic E-state index is 0.00293. The normalized spacial score (nSPS) is 28.3. The third-order valence-corrected chi connectivity index (χ3v) is 4.16. The number of nitrogens with zero attached hydrogens (tertiary/aromatic N) is 1. The van der Waals surface area contributed by atoms with Gasteiger partial charge in [-0.2, -0.15) is 13.2 Å². The fourth-order valence-corrected chi connectivity index (χ4v) is 3.49. The summed E-state index contributed by atoms with van der Waals surface area (Å²) < 4.78 is 44.0. The van der Waals surface area contributed by atoms with Crippen LogP contribution in [0, 0.1) is 5.92 Å². The van der Waals surface area contributed by atoms with E-state index in [1.165, 1.54) is 4.90 Å². The molecule has 4 nitrogen and oxygen atoms in total. The molecule has 1 fully saturated rings. The van der Waals surface area contributed by atoms with Crippen molar-refractivity contribution < 1.29 is 23.0 Å². The predicted molar refractivity (Wildman–Crippen MR) is 75.2 cm³/mol. The van der Waals surface area contributed by atoms with Crippen LogP contribution in [0.15, 0.2) is 0 Å². The first kappa shape index (κ1) is 18.7. The van der Waals surface area contributed by atoms with Gasteiger partial charge in [0.1, 0.15) is 0 Å². The third-order valence-electron chi connectivity index (χ3n) is 4.16. The van der Waals surface area contributed by atoms with Gasteiger partial charge in [-0.3, -0.25) is 4.90 Å². The molecular weight excluding hydrogens is 285 g/mol. The van der Waals surface area contributed by atoms with Crippen molar-refractivity contribution in [3.8, 4) is 0 Å². The van der Waals surface area contributed by atoms with Crippen LogP contribution >= 0.6 is 0 Å². The van der Waals surface area contributed by atoms with E-state index in [0.717, 1.165) is 0 Å². The molecule has 2 atom stereocenters. The molecule has 1 rings (SSSR count). The fraction of sp³-hybridized carbons (Fsp3) is 1.00. The number of hydrogen-bond donors (Lipinski definition) is 2. The van der Waals surface area contributed by atoms with Gasteiger partial charge in [0.25, 0.3) is 0 Å². The molecule has 126 valence electrons. The van der Waals surface area contributed by atoms with Crippen molar-refractivity contribution in [1.82, 2.24) is 10.2 Å². The molecule has 0 amide bonds. The molecule has 0 aromatic carbocycles. The van der Waals surface area contributed by atoms with E-state index in [-0.39, 0.29) is 31.7 Å². The summed E-state index contributed by atoms with van der Waals surface area (Å²) in [5.41, 5.74) is -0.984. The first-order chi connectivity index (χ1) is 9.43. The van der Waals surface area contributed by atoms with Gasteiger partial charge in [0, 0.05) is 25.0 Å². The summed E-state index contributed by atoms with van der Waals surface area (Å²) >= 11 is 0. The van der Waals surface area contributed by atoms with Gasteiger partial charge < -0.3 is 15.2 Å². The Morgan fingerprint density at radius 2 is 1.76 bits per heavy atom. The first-order valence-corrected chi connectivity index (χ1v) is 7.20. The first-order valence-electron chi connectivity index (χ1n) is 7.20. The van der Waals surface area contributed by atoms with E-state index in [2.05, 4.69) is 5.32 Å². The predicted octanol–water partition coefficient (Wildman–Crippen LogP) is 1.63. The quantitative estimate of drug-likeness (QED) is 0.782. The van der Waals surface area contributed by atoms with Crippen LogP contribution in [-0.4, -0.2) is 66.7 Å². The lowest BCUT2D eigenvalue weighted by atomic mass is 9.82. The van der Waals surface area contributed by atoms with Crippen molar-refractivity contribution >= 4 is 0 Å². The lowest BCUT2D eigenvalue weighted by molar-refractivity contribution is -0.150. The molecule has 1 aliphatic heterocycles. The lowest BCUT2D eigenvalue weighted by Crippen LogP contribution is -2.51. The van der Waals surface area contributed by atoms with E-state index < -0.39 is 23.9 Å². The standard InChI is InChI=1S/C14H27F3N2O2/c1-12(2)10(11(18-5)13(3,4)21-12)8-19(6-7-20)9-14(15,16)17/h10-11,18,20H,6-9H2,1-5H3.